The van der Waals surface area contributed by atoms with Crippen molar-refractivity contribution in [1.82, 2.24) is 14.8 Å². The fraction of sp³-hybridized carbons (Fsp3) is 0.174. The summed E-state index contributed by atoms with van der Waals surface area (Å²) < 4.78 is 40.7. The zero-order valence-corrected chi connectivity index (χ0v) is 18.1. The van der Waals surface area contributed by atoms with E-state index in [1.807, 2.05) is 13.0 Å². The van der Waals surface area contributed by atoms with E-state index in [1.165, 1.54) is 12.1 Å². The van der Waals surface area contributed by atoms with Crippen LogP contribution in [0.15, 0.2) is 48.5 Å². The molecule has 1 amide bonds. The van der Waals surface area contributed by atoms with Crippen LogP contribution in [0, 0.1) is 20.8 Å². The molecule has 9 heteroatoms. The molecule has 0 radical (unpaired) electrons. The molecule has 164 valence electrons. The minimum Gasteiger partial charge on any atom is -0.322 e. The number of nitrogens with zero attached hydrogens (tertiary/aromatic N) is 3. The topological polar surface area (TPSA) is 59.8 Å². The molecule has 2 heterocycles. The Hall–Kier alpha value is -3.39. The highest BCUT2D eigenvalue weighted by molar-refractivity contribution is 6.31. The third-order valence-electron chi connectivity index (χ3n) is 5.10. The van der Waals surface area contributed by atoms with Crippen LogP contribution >= 0.6 is 11.6 Å². The van der Waals surface area contributed by atoms with Crippen LogP contribution in [0.5, 0.6) is 0 Å². The lowest BCUT2D eigenvalue weighted by atomic mass is 10.1. The molecule has 0 bridgehead atoms. The molecule has 4 rings (SSSR count). The molecule has 0 saturated heterocycles. The lowest BCUT2D eigenvalue weighted by Crippen LogP contribution is -2.14. The summed E-state index contributed by atoms with van der Waals surface area (Å²) in [5.41, 5.74) is 2.58. The van der Waals surface area contributed by atoms with Gasteiger partial charge in [-0.3, -0.25) is 4.79 Å². The first-order valence-electron chi connectivity index (χ1n) is 9.67. The van der Waals surface area contributed by atoms with Crippen molar-refractivity contribution in [2.24, 2.45) is 0 Å². The molecule has 1 N–H and O–H groups in total. The van der Waals surface area contributed by atoms with Gasteiger partial charge in [-0.2, -0.15) is 18.3 Å². The first-order chi connectivity index (χ1) is 15.1. The molecule has 0 aliphatic rings. The highest BCUT2D eigenvalue weighted by Gasteiger charge is 2.30. The third kappa shape index (κ3) is 3.93. The van der Waals surface area contributed by atoms with E-state index >= 15 is 0 Å². The Balaban J connectivity index is 1.81. The number of hydrogen-bond acceptors (Lipinski definition) is 3. The van der Waals surface area contributed by atoms with Gasteiger partial charge in [0.1, 0.15) is 0 Å². The summed E-state index contributed by atoms with van der Waals surface area (Å²) in [4.78, 5) is 17.7. The van der Waals surface area contributed by atoms with Crippen molar-refractivity contribution >= 4 is 34.2 Å². The molecule has 4 aromatic rings. The molecule has 0 atom stereocenters. The standard InChI is InChI=1S/C23H18ClF3N4O/c1-12-10-17(22(32)29-16-7-4-6-15(11-16)23(25,26)27)20-14(3)30-31(21(20)28-12)19-9-5-8-18(24)13(19)2/h4-11H,1-3H3,(H,29,32). The van der Waals surface area contributed by atoms with Gasteiger partial charge in [0.15, 0.2) is 5.65 Å². The van der Waals surface area contributed by atoms with Crippen molar-refractivity contribution < 1.29 is 18.0 Å². The van der Waals surface area contributed by atoms with Gasteiger partial charge in [-0.25, -0.2) is 9.67 Å². The van der Waals surface area contributed by atoms with Gasteiger partial charge in [0.05, 0.1) is 27.9 Å². The maximum Gasteiger partial charge on any atom is 0.416 e. The van der Waals surface area contributed by atoms with E-state index in [4.69, 9.17) is 11.6 Å². The van der Waals surface area contributed by atoms with Crippen molar-refractivity contribution in [1.29, 1.82) is 0 Å². The number of carbonyl (C=O) groups excluding carboxylic acids is 1. The van der Waals surface area contributed by atoms with Crippen LogP contribution < -0.4 is 5.32 Å². The Morgan fingerprint density at radius 1 is 1.06 bits per heavy atom. The summed E-state index contributed by atoms with van der Waals surface area (Å²) >= 11 is 6.26. The molecular formula is C23H18ClF3N4O. The molecule has 32 heavy (non-hydrogen) atoms. The second-order valence-corrected chi connectivity index (χ2v) is 7.83. The van der Waals surface area contributed by atoms with Crippen molar-refractivity contribution in [2.45, 2.75) is 26.9 Å². The Morgan fingerprint density at radius 3 is 2.50 bits per heavy atom. The van der Waals surface area contributed by atoms with Gasteiger partial charge in [-0.1, -0.05) is 23.7 Å². The first kappa shape index (κ1) is 21.8. The third-order valence-corrected chi connectivity index (χ3v) is 5.51. The second kappa shape index (κ2) is 7.94. The summed E-state index contributed by atoms with van der Waals surface area (Å²) in [5, 5.41) is 8.21. The fourth-order valence-corrected chi connectivity index (χ4v) is 3.73. The molecule has 0 saturated carbocycles. The maximum atomic E-state index is 13.1. The Bertz CT molecular complexity index is 1360. The summed E-state index contributed by atoms with van der Waals surface area (Å²) in [6, 6.07) is 11.5. The normalized spacial score (nSPS) is 11.7. The monoisotopic (exact) mass is 458 g/mol. The number of halogens is 4. The number of fused-ring (bicyclic) bond motifs is 1. The van der Waals surface area contributed by atoms with E-state index < -0.39 is 17.6 Å². The summed E-state index contributed by atoms with van der Waals surface area (Å²) in [6.07, 6.45) is -4.51. The van der Waals surface area contributed by atoms with Crippen LogP contribution in [-0.4, -0.2) is 20.7 Å². The predicted molar refractivity (Wildman–Crippen MR) is 117 cm³/mol. The number of pyridine rings is 1. The zero-order valence-electron chi connectivity index (χ0n) is 17.4. The highest BCUT2D eigenvalue weighted by atomic mass is 35.5. The molecule has 2 aromatic carbocycles. The van der Waals surface area contributed by atoms with Crippen LogP contribution in [0.25, 0.3) is 16.7 Å². The number of amides is 1. The summed E-state index contributed by atoms with van der Waals surface area (Å²) in [6.45, 7) is 5.34. The molecule has 0 aliphatic heterocycles. The molecule has 2 aromatic heterocycles. The van der Waals surface area contributed by atoms with Gasteiger partial charge >= 0.3 is 6.18 Å². The van der Waals surface area contributed by atoms with Crippen molar-refractivity contribution in [3.05, 3.63) is 81.6 Å². The SMILES string of the molecule is Cc1cc(C(=O)Nc2cccc(C(F)(F)F)c2)c2c(C)nn(-c3cccc(Cl)c3C)c2n1. The predicted octanol–water partition coefficient (Wildman–Crippen LogP) is 6.27. The Kier molecular flexibility index (Phi) is 5.42. The van der Waals surface area contributed by atoms with Gasteiger partial charge in [-0.15, -0.1) is 0 Å². The number of aryl methyl sites for hydroxylation is 2. The molecule has 0 aliphatic carbocycles. The van der Waals surface area contributed by atoms with E-state index in [0.29, 0.717) is 27.4 Å². The quantitative estimate of drug-likeness (QED) is 0.393. The Labute approximate surface area is 186 Å². The van der Waals surface area contributed by atoms with E-state index in [0.717, 1.165) is 23.4 Å². The van der Waals surface area contributed by atoms with Crippen LogP contribution in [0.1, 0.15) is 32.9 Å². The minimum atomic E-state index is -4.51. The van der Waals surface area contributed by atoms with Gasteiger partial charge in [0, 0.05) is 16.4 Å². The zero-order chi connectivity index (χ0) is 23.2. The van der Waals surface area contributed by atoms with Crippen LogP contribution in [0.3, 0.4) is 0 Å². The fourth-order valence-electron chi connectivity index (χ4n) is 3.56. The lowest BCUT2D eigenvalue weighted by Gasteiger charge is -2.11. The first-order valence-corrected chi connectivity index (χ1v) is 10.0. The lowest BCUT2D eigenvalue weighted by molar-refractivity contribution is -0.137. The van der Waals surface area contributed by atoms with E-state index in [9.17, 15) is 18.0 Å². The van der Waals surface area contributed by atoms with Crippen LogP contribution in [-0.2, 0) is 6.18 Å². The number of benzene rings is 2. The molecular weight excluding hydrogens is 441 g/mol. The van der Waals surface area contributed by atoms with E-state index in [2.05, 4.69) is 15.4 Å². The van der Waals surface area contributed by atoms with Gasteiger partial charge < -0.3 is 5.32 Å². The van der Waals surface area contributed by atoms with Crippen molar-refractivity contribution in [3.8, 4) is 5.69 Å². The summed E-state index contributed by atoms with van der Waals surface area (Å²) in [7, 11) is 0. The molecule has 0 unspecified atom stereocenters. The minimum absolute atomic E-state index is 0.0446. The van der Waals surface area contributed by atoms with Crippen molar-refractivity contribution in [3.63, 3.8) is 0 Å². The van der Waals surface area contributed by atoms with Crippen LogP contribution in [0.4, 0.5) is 18.9 Å². The second-order valence-electron chi connectivity index (χ2n) is 7.42. The maximum absolute atomic E-state index is 13.1. The van der Waals surface area contributed by atoms with Gasteiger partial charge in [-0.05, 0) is 62.7 Å². The highest BCUT2D eigenvalue weighted by Crippen LogP contribution is 2.32. The van der Waals surface area contributed by atoms with E-state index in [-0.39, 0.29) is 11.3 Å². The Morgan fingerprint density at radius 2 is 1.78 bits per heavy atom. The number of alkyl halides is 3. The molecule has 5 nitrogen and oxygen atoms in total. The van der Waals surface area contributed by atoms with Gasteiger partial charge in [0.2, 0.25) is 0 Å². The number of anilines is 1. The van der Waals surface area contributed by atoms with Gasteiger partial charge in [0.25, 0.3) is 5.91 Å². The number of rotatable bonds is 3. The molecule has 0 fully saturated rings. The average Bonchev–Trinajstić information content (AvgIpc) is 3.05. The number of carbonyl (C=O) groups is 1. The summed E-state index contributed by atoms with van der Waals surface area (Å²) in [5.74, 6) is -0.551. The van der Waals surface area contributed by atoms with Crippen molar-refractivity contribution in [2.75, 3.05) is 5.32 Å². The van der Waals surface area contributed by atoms with Crippen LogP contribution in [0.2, 0.25) is 5.02 Å². The number of aromatic nitrogens is 3. The smallest absolute Gasteiger partial charge is 0.322 e. The number of hydrogen-bond donors (Lipinski definition) is 1. The number of nitrogens with one attached hydrogen (secondary N) is 1. The van der Waals surface area contributed by atoms with E-state index in [1.54, 1.807) is 36.7 Å². The largest absolute Gasteiger partial charge is 0.416 e. The average molecular weight is 459 g/mol. The molecule has 0 spiro atoms.